The standard InChI is InChI=1S/2C8H15N3O.C8H16N2O2.C6H11NO/c1-11-3-7(10-12-2)8(6-11)4-9-5-8;1-11-5-8(6-11)4-9-3-7(8)10-12-2;1-8(6-11)5-10(2)4-7(8)9-12-3;1-5-3-7(2)4-6(5)8/h2*9H,3-6H2,1-2H3;11H,4-6H2,1-3H3;5H,3-4H2,1-2H3/b2*10-7+;9-7+;. The predicted octanol–water partition coefficient (Wildman–Crippen LogP) is -0.883. The third-order valence-electron chi connectivity index (χ3n) is 9.29. The summed E-state index contributed by atoms with van der Waals surface area (Å²) in [5.41, 5.74) is 3.68. The molecule has 6 aliphatic heterocycles. The molecule has 44 heavy (non-hydrogen) atoms. The van der Waals surface area contributed by atoms with E-state index in [1.165, 1.54) is 18.5 Å². The summed E-state index contributed by atoms with van der Waals surface area (Å²) in [6.45, 7) is 15.7. The molecule has 0 aliphatic carbocycles. The van der Waals surface area contributed by atoms with Crippen molar-refractivity contribution in [2.75, 3.05) is 135 Å². The summed E-state index contributed by atoms with van der Waals surface area (Å²) in [6, 6.07) is 0. The molecule has 0 radical (unpaired) electrons. The second kappa shape index (κ2) is 15.9. The lowest BCUT2D eigenvalue weighted by molar-refractivity contribution is -0.119. The summed E-state index contributed by atoms with van der Waals surface area (Å²) < 4.78 is 0. The number of nitrogens with one attached hydrogen (secondary N) is 2. The van der Waals surface area contributed by atoms with E-state index in [2.05, 4.69) is 54.9 Å². The Morgan fingerprint density at radius 2 is 1.27 bits per heavy atom. The molecule has 6 aliphatic rings. The van der Waals surface area contributed by atoms with E-state index in [0.29, 0.717) is 23.2 Å². The van der Waals surface area contributed by atoms with E-state index in [0.717, 1.165) is 77.7 Å². The second-order valence-electron chi connectivity index (χ2n) is 13.7. The van der Waals surface area contributed by atoms with Gasteiger partial charge in [0.05, 0.1) is 41.1 Å². The Hall–Kier alpha value is -2.20. The Balaban J connectivity index is 0.000000162. The minimum atomic E-state index is -0.218. The Bertz CT molecular complexity index is 1010. The maximum atomic E-state index is 10.7. The van der Waals surface area contributed by atoms with E-state index >= 15 is 0 Å². The quantitative estimate of drug-likeness (QED) is 0.337. The zero-order valence-corrected chi connectivity index (χ0v) is 28.5. The topological polar surface area (TPSA) is 139 Å². The first-order chi connectivity index (χ1) is 20.9. The molecule has 6 rings (SSSR count). The van der Waals surface area contributed by atoms with Gasteiger partial charge in [-0.3, -0.25) is 19.5 Å². The number of likely N-dealkylation sites (N-methyl/N-ethyl adjacent to an activating group) is 1. The van der Waals surface area contributed by atoms with Crippen molar-refractivity contribution in [3.63, 3.8) is 0 Å². The maximum Gasteiger partial charge on any atom is 0.150 e. The van der Waals surface area contributed by atoms with Gasteiger partial charge in [0.1, 0.15) is 21.3 Å². The number of hydrogen-bond donors (Lipinski definition) is 3. The predicted molar refractivity (Wildman–Crippen MR) is 173 cm³/mol. The van der Waals surface area contributed by atoms with Gasteiger partial charge in [0.25, 0.3) is 0 Å². The SMILES string of the molecule is CC1CN(C)CC1=O.CO/N=C1\CN(C)CC1(C)CO.CO/N=C1\CN(C)CC12CNC2.CO/N=C1\CNCC12CN(C)C2. The third kappa shape index (κ3) is 8.74. The molecule has 14 heteroatoms. The summed E-state index contributed by atoms with van der Waals surface area (Å²) in [5.74, 6) is 0.660. The van der Waals surface area contributed by atoms with Crippen LogP contribution in [0.3, 0.4) is 0 Å². The number of aliphatic hydroxyl groups excluding tert-OH is 1. The number of nitrogens with zero attached hydrogens (tertiary/aromatic N) is 7. The van der Waals surface area contributed by atoms with Gasteiger partial charge in [0.15, 0.2) is 5.78 Å². The first-order valence-electron chi connectivity index (χ1n) is 15.5. The van der Waals surface area contributed by atoms with Gasteiger partial charge in [-0.25, -0.2) is 0 Å². The highest BCUT2D eigenvalue weighted by Gasteiger charge is 2.49. The maximum absolute atomic E-state index is 10.7. The van der Waals surface area contributed by atoms with Crippen LogP contribution in [0.2, 0.25) is 0 Å². The lowest BCUT2D eigenvalue weighted by atomic mass is 9.78. The normalized spacial score (nSPS) is 32.1. The molecule has 2 spiro atoms. The van der Waals surface area contributed by atoms with Gasteiger partial charge in [0, 0.05) is 83.3 Å². The van der Waals surface area contributed by atoms with Crippen molar-refractivity contribution in [2.24, 2.45) is 37.6 Å². The van der Waals surface area contributed by atoms with Gasteiger partial charge in [-0.05, 0) is 28.2 Å². The van der Waals surface area contributed by atoms with Crippen LogP contribution in [-0.2, 0) is 19.3 Å². The van der Waals surface area contributed by atoms with Crippen LogP contribution in [0, 0.1) is 22.2 Å². The van der Waals surface area contributed by atoms with Gasteiger partial charge in [-0.15, -0.1) is 0 Å². The Labute approximate surface area is 263 Å². The smallest absolute Gasteiger partial charge is 0.150 e. The van der Waals surface area contributed by atoms with Gasteiger partial charge >= 0.3 is 0 Å². The third-order valence-corrected chi connectivity index (χ3v) is 9.29. The molecule has 0 aromatic carbocycles. The highest BCUT2D eigenvalue weighted by atomic mass is 16.6. The van der Waals surface area contributed by atoms with Gasteiger partial charge in [-0.1, -0.05) is 29.3 Å². The summed E-state index contributed by atoms with van der Waals surface area (Å²) in [6.07, 6.45) is 0. The van der Waals surface area contributed by atoms with Crippen molar-refractivity contribution in [1.29, 1.82) is 0 Å². The van der Waals surface area contributed by atoms with E-state index in [-0.39, 0.29) is 17.9 Å². The fourth-order valence-corrected chi connectivity index (χ4v) is 6.93. The summed E-state index contributed by atoms with van der Waals surface area (Å²) in [4.78, 5) is 33.9. The van der Waals surface area contributed by atoms with Crippen LogP contribution >= 0.6 is 0 Å². The minimum Gasteiger partial charge on any atom is -0.399 e. The van der Waals surface area contributed by atoms with Crippen molar-refractivity contribution >= 4 is 22.9 Å². The molecule has 0 aromatic rings. The molecular formula is C30H57N9O5. The molecule has 3 N–H and O–H groups in total. The molecule has 252 valence electrons. The highest BCUT2D eigenvalue weighted by Crippen LogP contribution is 2.33. The summed E-state index contributed by atoms with van der Waals surface area (Å²) in [7, 11) is 13.0. The van der Waals surface area contributed by atoms with E-state index in [4.69, 9.17) is 14.5 Å². The molecule has 6 saturated heterocycles. The number of Topliss-reactive ketones (excluding diaryl/α,β-unsaturated/α-hetero) is 1. The van der Waals surface area contributed by atoms with Crippen LogP contribution in [0.4, 0.5) is 0 Å². The number of rotatable bonds is 4. The lowest BCUT2D eigenvalue weighted by Gasteiger charge is -2.45. The number of carbonyl (C=O) groups is 1. The number of carbonyl (C=O) groups excluding carboxylic acids is 1. The molecule has 0 saturated carbocycles. The van der Waals surface area contributed by atoms with Crippen molar-refractivity contribution in [3.05, 3.63) is 0 Å². The fourth-order valence-electron chi connectivity index (χ4n) is 6.93. The van der Waals surface area contributed by atoms with Crippen molar-refractivity contribution in [3.8, 4) is 0 Å². The second-order valence-corrected chi connectivity index (χ2v) is 13.7. The van der Waals surface area contributed by atoms with Gasteiger partial charge in [-0.2, -0.15) is 0 Å². The number of hydrogen-bond acceptors (Lipinski definition) is 14. The molecule has 2 unspecified atom stereocenters. The number of oxime groups is 3. The van der Waals surface area contributed by atoms with Crippen molar-refractivity contribution in [2.45, 2.75) is 13.8 Å². The fraction of sp³-hybridized carbons (Fsp3) is 0.867. The summed E-state index contributed by atoms with van der Waals surface area (Å²) >= 11 is 0. The first-order valence-corrected chi connectivity index (χ1v) is 15.5. The molecule has 6 fully saturated rings. The average molecular weight is 624 g/mol. The van der Waals surface area contributed by atoms with Crippen LogP contribution in [0.25, 0.3) is 0 Å². The van der Waals surface area contributed by atoms with E-state index in [1.807, 2.05) is 32.8 Å². The molecule has 6 heterocycles. The number of likely N-dealkylation sites (tertiary alicyclic amines) is 4. The Morgan fingerprint density at radius 3 is 1.73 bits per heavy atom. The van der Waals surface area contributed by atoms with Crippen LogP contribution in [0.5, 0.6) is 0 Å². The molecule has 0 amide bonds. The molecule has 2 atom stereocenters. The molecular weight excluding hydrogens is 566 g/mol. The van der Waals surface area contributed by atoms with E-state index in [1.54, 1.807) is 14.2 Å². The molecule has 0 bridgehead atoms. The first kappa shape index (κ1) is 36.3. The number of aliphatic hydroxyl groups is 1. The van der Waals surface area contributed by atoms with Gasteiger partial charge < -0.3 is 35.2 Å². The van der Waals surface area contributed by atoms with Crippen LogP contribution in [0.15, 0.2) is 15.5 Å². The zero-order valence-electron chi connectivity index (χ0n) is 28.5. The monoisotopic (exact) mass is 623 g/mol. The van der Waals surface area contributed by atoms with Gasteiger partial charge in [0.2, 0.25) is 0 Å². The Morgan fingerprint density at radius 1 is 0.750 bits per heavy atom. The Kier molecular flexibility index (Phi) is 13.1. The average Bonchev–Trinajstić information content (AvgIpc) is 3.65. The molecule has 0 aromatic heterocycles. The van der Waals surface area contributed by atoms with Crippen molar-refractivity contribution in [1.82, 2.24) is 30.2 Å². The molecule has 14 nitrogen and oxygen atoms in total. The summed E-state index contributed by atoms with van der Waals surface area (Å²) in [5, 5.41) is 27.9. The van der Waals surface area contributed by atoms with Crippen LogP contribution in [-0.4, -0.2) is 182 Å². The minimum absolute atomic E-state index is 0.125. The van der Waals surface area contributed by atoms with E-state index < -0.39 is 0 Å². The van der Waals surface area contributed by atoms with Crippen LogP contribution in [0.1, 0.15) is 13.8 Å². The lowest BCUT2D eigenvalue weighted by Crippen LogP contribution is -2.58. The van der Waals surface area contributed by atoms with Crippen molar-refractivity contribution < 1.29 is 24.4 Å². The van der Waals surface area contributed by atoms with E-state index in [9.17, 15) is 9.90 Å². The number of ketones is 1. The van der Waals surface area contributed by atoms with Crippen LogP contribution < -0.4 is 10.6 Å². The largest absolute Gasteiger partial charge is 0.399 e. The zero-order chi connectivity index (χ0) is 32.5. The highest BCUT2D eigenvalue weighted by molar-refractivity contribution is 5.95.